The molecular formula is C19H20FN3O2. The van der Waals surface area contributed by atoms with E-state index >= 15 is 0 Å². The molecule has 1 fully saturated rings. The van der Waals surface area contributed by atoms with Crippen LogP contribution in [0.25, 0.3) is 0 Å². The maximum Gasteiger partial charge on any atom is 0.262 e. The molecule has 5 nitrogen and oxygen atoms in total. The third-order valence-corrected chi connectivity index (χ3v) is 4.03. The van der Waals surface area contributed by atoms with Crippen LogP contribution in [0.4, 0.5) is 4.39 Å². The lowest BCUT2D eigenvalue weighted by molar-refractivity contribution is -0.128. The summed E-state index contributed by atoms with van der Waals surface area (Å²) in [5.41, 5.74) is 4.22. The van der Waals surface area contributed by atoms with Gasteiger partial charge in [0.1, 0.15) is 11.9 Å². The number of nitrogens with zero attached hydrogens (tertiary/aromatic N) is 2. The Hall–Kier alpha value is -2.57. The number of rotatable bonds is 5. The highest BCUT2D eigenvalue weighted by atomic mass is 19.1. The smallest absolute Gasteiger partial charge is 0.262 e. The number of amides is 1. The molecule has 1 N–H and O–H groups in total. The van der Waals surface area contributed by atoms with Crippen molar-refractivity contribution in [2.24, 2.45) is 5.10 Å². The molecule has 1 aliphatic heterocycles. The van der Waals surface area contributed by atoms with Crippen molar-refractivity contribution in [1.82, 2.24) is 10.3 Å². The highest BCUT2D eigenvalue weighted by molar-refractivity contribution is 5.85. The Morgan fingerprint density at radius 3 is 2.48 bits per heavy atom. The Labute approximate surface area is 146 Å². The van der Waals surface area contributed by atoms with E-state index in [2.05, 4.69) is 15.4 Å². The van der Waals surface area contributed by atoms with Crippen LogP contribution in [0, 0.1) is 5.82 Å². The largest absolute Gasteiger partial charge is 0.379 e. The van der Waals surface area contributed by atoms with Crippen molar-refractivity contribution in [2.45, 2.75) is 6.04 Å². The van der Waals surface area contributed by atoms with Crippen LogP contribution in [-0.4, -0.2) is 43.3 Å². The van der Waals surface area contributed by atoms with Crippen molar-refractivity contribution < 1.29 is 13.9 Å². The molecule has 1 atom stereocenters. The number of morpholine rings is 1. The van der Waals surface area contributed by atoms with Crippen LogP contribution in [0.2, 0.25) is 0 Å². The van der Waals surface area contributed by atoms with Crippen LogP contribution in [0.15, 0.2) is 59.7 Å². The van der Waals surface area contributed by atoms with E-state index in [1.54, 1.807) is 12.1 Å². The topological polar surface area (TPSA) is 53.9 Å². The number of ether oxygens (including phenoxy) is 1. The number of nitrogens with one attached hydrogen (secondary N) is 1. The summed E-state index contributed by atoms with van der Waals surface area (Å²) in [4.78, 5) is 14.8. The number of hydrazone groups is 1. The fourth-order valence-electron chi connectivity index (χ4n) is 2.78. The molecule has 0 saturated carbocycles. The van der Waals surface area contributed by atoms with Gasteiger partial charge in [-0.05, 0) is 23.3 Å². The number of hydrogen-bond acceptors (Lipinski definition) is 4. The van der Waals surface area contributed by atoms with Gasteiger partial charge in [-0.2, -0.15) is 5.10 Å². The Balaban J connectivity index is 1.71. The van der Waals surface area contributed by atoms with E-state index in [1.807, 2.05) is 30.3 Å². The quantitative estimate of drug-likeness (QED) is 0.671. The van der Waals surface area contributed by atoms with Crippen LogP contribution in [0.1, 0.15) is 17.2 Å². The average Bonchev–Trinajstić information content (AvgIpc) is 2.65. The molecule has 1 aliphatic rings. The lowest BCUT2D eigenvalue weighted by atomic mass is 10.0. The second-order valence-electron chi connectivity index (χ2n) is 5.75. The predicted octanol–water partition coefficient (Wildman–Crippen LogP) is 2.35. The standard InChI is InChI=1S/C19H20FN3O2/c20-17-8-6-15(7-9-17)14-21-22-19(24)18(16-4-2-1-3-5-16)23-10-12-25-13-11-23/h1-9,14,18H,10-13H2,(H,22,24)/b21-14+/t18-/m1/s1. The summed E-state index contributed by atoms with van der Waals surface area (Å²) in [7, 11) is 0. The molecule has 2 aromatic rings. The van der Waals surface area contributed by atoms with Gasteiger partial charge < -0.3 is 4.74 Å². The van der Waals surface area contributed by atoms with Gasteiger partial charge in [-0.25, -0.2) is 9.82 Å². The van der Waals surface area contributed by atoms with Crippen LogP contribution < -0.4 is 5.43 Å². The summed E-state index contributed by atoms with van der Waals surface area (Å²) in [5, 5.41) is 4.01. The molecule has 25 heavy (non-hydrogen) atoms. The highest BCUT2D eigenvalue weighted by Crippen LogP contribution is 2.22. The van der Waals surface area contributed by atoms with E-state index in [1.165, 1.54) is 18.3 Å². The molecule has 0 aromatic heterocycles. The summed E-state index contributed by atoms with van der Waals surface area (Å²) < 4.78 is 18.3. The summed E-state index contributed by atoms with van der Waals surface area (Å²) in [6.07, 6.45) is 1.50. The molecule has 0 aliphatic carbocycles. The fourth-order valence-corrected chi connectivity index (χ4v) is 2.78. The normalized spacial score (nSPS) is 16.7. The predicted molar refractivity (Wildman–Crippen MR) is 93.7 cm³/mol. The molecule has 0 unspecified atom stereocenters. The van der Waals surface area contributed by atoms with E-state index in [-0.39, 0.29) is 11.7 Å². The molecule has 1 heterocycles. The highest BCUT2D eigenvalue weighted by Gasteiger charge is 2.28. The van der Waals surface area contributed by atoms with Gasteiger partial charge in [-0.1, -0.05) is 42.5 Å². The van der Waals surface area contributed by atoms with Crippen molar-refractivity contribution in [3.8, 4) is 0 Å². The number of carbonyl (C=O) groups is 1. The van der Waals surface area contributed by atoms with Gasteiger partial charge in [0, 0.05) is 13.1 Å². The second kappa shape index (κ2) is 8.50. The third kappa shape index (κ3) is 4.71. The van der Waals surface area contributed by atoms with E-state index < -0.39 is 6.04 Å². The minimum Gasteiger partial charge on any atom is -0.379 e. The molecule has 6 heteroatoms. The van der Waals surface area contributed by atoms with Crippen LogP contribution in [0.3, 0.4) is 0 Å². The molecule has 1 amide bonds. The van der Waals surface area contributed by atoms with Gasteiger partial charge in [0.15, 0.2) is 0 Å². The zero-order chi connectivity index (χ0) is 17.5. The molecule has 0 spiro atoms. The number of benzene rings is 2. The summed E-state index contributed by atoms with van der Waals surface area (Å²) in [5.74, 6) is -0.510. The zero-order valence-electron chi connectivity index (χ0n) is 13.8. The monoisotopic (exact) mass is 341 g/mol. The molecule has 3 rings (SSSR count). The zero-order valence-corrected chi connectivity index (χ0v) is 13.8. The summed E-state index contributed by atoms with van der Waals surface area (Å²) in [6.45, 7) is 2.59. The first-order chi connectivity index (χ1) is 12.2. The summed E-state index contributed by atoms with van der Waals surface area (Å²) >= 11 is 0. The molecule has 0 radical (unpaired) electrons. The maximum atomic E-state index is 12.9. The van der Waals surface area contributed by atoms with Gasteiger partial charge in [0.25, 0.3) is 5.91 Å². The van der Waals surface area contributed by atoms with Gasteiger partial charge in [0.2, 0.25) is 0 Å². The van der Waals surface area contributed by atoms with Gasteiger partial charge >= 0.3 is 0 Å². The van der Waals surface area contributed by atoms with Crippen molar-refractivity contribution in [2.75, 3.05) is 26.3 Å². The van der Waals surface area contributed by atoms with E-state index in [4.69, 9.17) is 4.74 Å². The Kier molecular flexibility index (Phi) is 5.87. The third-order valence-electron chi connectivity index (χ3n) is 4.03. The molecular weight excluding hydrogens is 321 g/mol. The Morgan fingerprint density at radius 1 is 1.12 bits per heavy atom. The molecule has 130 valence electrons. The second-order valence-corrected chi connectivity index (χ2v) is 5.75. The number of carbonyl (C=O) groups excluding carboxylic acids is 1. The average molecular weight is 341 g/mol. The van der Waals surface area contributed by atoms with Gasteiger partial charge in [-0.3, -0.25) is 9.69 Å². The first-order valence-corrected chi connectivity index (χ1v) is 8.19. The first-order valence-electron chi connectivity index (χ1n) is 8.19. The Morgan fingerprint density at radius 2 is 1.80 bits per heavy atom. The summed E-state index contributed by atoms with van der Waals surface area (Å²) in [6, 6.07) is 15.1. The van der Waals surface area contributed by atoms with Gasteiger partial charge in [0.05, 0.1) is 19.4 Å². The minimum atomic E-state index is -0.421. The van der Waals surface area contributed by atoms with Crippen LogP contribution >= 0.6 is 0 Å². The Bertz CT molecular complexity index is 713. The van der Waals surface area contributed by atoms with E-state index in [0.29, 0.717) is 31.9 Å². The van der Waals surface area contributed by atoms with Crippen LogP contribution in [0.5, 0.6) is 0 Å². The number of hydrogen-bond donors (Lipinski definition) is 1. The van der Waals surface area contributed by atoms with Crippen molar-refractivity contribution >= 4 is 12.1 Å². The van der Waals surface area contributed by atoms with Crippen molar-refractivity contribution in [3.63, 3.8) is 0 Å². The lowest BCUT2D eigenvalue weighted by Gasteiger charge is -2.33. The van der Waals surface area contributed by atoms with Crippen molar-refractivity contribution in [1.29, 1.82) is 0 Å². The fraction of sp³-hybridized carbons (Fsp3) is 0.263. The van der Waals surface area contributed by atoms with E-state index in [0.717, 1.165) is 5.56 Å². The molecule has 1 saturated heterocycles. The van der Waals surface area contributed by atoms with Gasteiger partial charge in [-0.15, -0.1) is 0 Å². The maximum absolute atomic E-state index is 12.9. The SMILES string of the molecule is O=C(N/N=C/c1ccc(F)cc1)[C@@H](c1ccccc1)N1CCOCC1. The first kappa shape index (κ1) is 17.3. The minimum absolute atomic E-state index is 0.202. The van der Waals surface area contributed by atoms with E-state index in [9.17, 15) is 9.18 Å². The molecule has 2 aromatic carbocycles. The van der Waals surface area contributed by atoms with Crippen LogP contribution in [-0.2, 0) is 9.53 Å². The lowest BCUT2D eigenvalue weighted by Crippen LogP contribution is -2.44. The number of halogens is 1. The molecule has 0 bridgehead atoms. The van der Waals surface area contributed by atoms with Crippen molar-refractivity contribution in [3.05, 3.63) is 71.5 Å².